The van der Waals surface area contributed by atoms with Crippen LogP contribution in [0.25, 0.3) is 6.08 Å². The molecule has 0 saturated heterocycles. The molecule has 0 fully saturated rings. The van der Waals surface area contributed by atoms with Gasteiger partial charge >= 0.3 is 0 Å². The van der Waals surface area contributed by atoms with Gasteiger partial charge in [0, 0.05) is 11.1 Å². The van der Waals surface area contributed by atoms with Gasteiger partial charge in [0.1, 0.15) is 23.3 Å². The highest BCUT2D eigenvalue weighted by Crippen LogP contribution is 2.30. The molecular formula is C26H24N2O4. The first-order valence-corrected chi connectivity index (χ1v) is 10.4. The monoisotopic (exact) mass is 428 g/mol. The summed E-state index contributed by atoms with van der Waals surface area (Å²) in [5.41, 5.74) is 3.33. The van der Waals surface area contributed by atoms with Crippen molar-refractivity contribution in [1.29, 1.82) is 0 Å². The predicted molar refractivity (Wildman–Crippen MR) is 122 cm³/mol. The van der Waals surface area contributed by atoms with Crippen LogP contribution in [0.3, 0.4) is 0 Å². The van der Waals surface area contributed by atoms with Gasteiger partial charge in [0.15, 0.2) is 0 Å². The first-order valence-electron chi connectivity index (χ1n) is 10.4. The van der Waals surface area contributed by atoms with E-state index >= 15 is 0 Å². The van der Waals surface area contributed by atoms with Gasteiger partial charge in [-0.1, -0.05) is 35.9 Å². The van der Waals surface area contributed by atoms with E-state index in [2.05, 4.69) is 10.6 Å². The van der Waals surface area contributed by atoms with E-state index in [0.717, 1.165) is 22.4 Å². The van der Waals surface area contributed by atoms with E-state index in [1.54, 1.807) is 36.6 Å². The van der Waals surface area contributed by atoms with Gasteiger partial charge < -0.3 is 19.8 Å². The summed E-state index contributed by atoms with van der Waals surface area (Å²) in [6.07, 6.45) is 4.88. The maximum absolute atomic E-state index is 13.0. The molecule has 6 heteroatoms. The number of amides is 2. The summed E-state index contributed by atoms with van der Waals surface area (Å²) in [7, 11) is 0. The Bertz CT molecular complexity index is 1170. The van der Waals surface area contributed by atoms with Gasteiger partial charge in [-0.2, -0.15) is 0 Å². The van der Waals surface area contributed by atoms with Crippen molar-refractivity contribution in [3.63, 3.8) is 0 Å². The molecule has 1 aliphatic heterocycles. The molecule has 0 aliphatic carbocycles. The van der Waals surface area contributed by atoms with Crippen LogP contribution < -0.4 is 15.4 Å². The van der Waals surface area contributed by atoms with Gasteiger partial charge in [0.05, 0.1) is 12.8 Å². The van der Waals surface area contributed by atoms with E-state index in [1.807, 2.05) is 56.3 Å². The average Bonchev–Trinajstić information content (AvgIpc) is 3.31. The lowest BCUT2D eigenvalue weighted by Crippen LogP contribution is -2.35. The second-order valence-electron chi connectivity index (χ2n) is 7.58. The molecule has 3 aromatic rings. The normalized spacial score (nSPS) is 15.2. The molecular weight excluding hydrogens is 404 g/mol. The molecule has 2 amide bonds. The van der Waals surface area contributed by atoms with Crippen molar-refractivity contribution in [2.75, 3.05) is 0 Å². The van der Waals surface area contributed by atoms with Gasteiger partial charge in [-0.25, -0.2) is 0 Å². The fourth-order valence-corrected chi connectivity index (χ4v) is 3.32. The molecule has 2 heterocycles. The number of aryl methyl sites for hydroxylation is 1. The number of para-hydroxylation sites is 1. The van der Waals surface area contributed by atoms with Crippen molar-refractivity contribution >= 4 is 17.9 Å². The van der Waals surface area contributed by atoms with Crippen LogP contribution in [0.4, 0.5) is 0 Å². The quantitative estimate of drug-likeness (QED) is 0.571. The Kier molecular flexibility index (Phi) is 6.22. The predicted octanol–water partition coefficient (Wildman–Crippen LogP) is 4.38. The minimum Gasteiger partial charge on any atom is -0.485 e. The Morgan fingerprint density at radius 3 is 2.56 bits per heavy atom. The van der Waals surface area contributed by atoms with Crippen LogP contribution in [0.15, 0.2) is 88.7 Å². The van der Waals surface area contributed by atoms with Gasteiger partial charge in [0.25, 0.3) is 11.8 Å². The van der Waals surface area contributed by atoms with E-state index in [-0.39, 0.29) is 24.3 Å². The van der Waals surface area contributed by atoms with Crippen molar-refractivity contribution in [3.8, 4) is 5.75 Å². The zero-order valence-electron chi connectivity index (χ0n) is 17.9. The molecule has 1 aliphatic rings. The minimum absolute atomic E-state index is 0.128. The summed E-state index contributed by atoms with van der Waals surface area (Å²) < 4.78 is 11.3. The van der Waals surface area contributed by atoms with Gasteiger partial charge in [-0.3, -0.25) is 9.59 Å². The zero-order valence-corrected chi connectivity index (χ0v) is 17.9. The lowest BCUT2D eigenvalue weighted by Gasteiger charge is -2.23. The summed E-state index contributed by atoms with van der Waals surface area (Å²) in [4.78, 5) is 25.8. The van der Waals surface area contributed by atoms with Crippen LogP contribution in [0, 0.1) is 6.92 Å². The smallest absolute Gasteiger partial charge is 0.268 e. The van der Waals surface area contributed by atoms with Crippen molar-refractivity contribution in [2.45, 2.75) is 26.5 Å². The number of hydrogen-bond donors (Lipinski definition) is 2. The van der Waals surface area contributed by atoms with Crippen LogP contribution >= 0.6 is 0 Å². The molecule has 2 N–H and O–H groups in total. The minimum atomic E-state index is -0.422. The molecule has 1 atom stereocenters. The highest BCUT2D eigenvalue weighted by atomic mass is 16.5. The molecule has 0 saturated carbocycles. The second kappa shape index (κ2) is 9.39. The summed E-state index contributed by atoms with van der Waals surface area (Å²) in [5.74, 6) is 0.610. The number of benzene rings is 2. The molecule has 1 aromatic heterocycles. The largest absolute Gasteiger partial charge is 0.485 e. The summed E-state index contributed by atoms with van der Waals surface area (Å²) in [5, 5.41) is 5.55. The topological polar surface area (TPSA) is 80.6 Å². The van der Waals surface area contributed by atoms with E-state index < -0.39 is 5.91 Å². The fourth-order valence-electron chi connectivity index (χ4n) is 3.32. The van der Waals surface area contributed by atoms with Crippen LogP contribution in [-0.4, -0.2) is 17.9 Å². The number of fused-ring (bicyclic) bond motifs is 1. The van der Waals surface area contributed by atoms with Crippen LogP contribution in [-0.2, 0) is 11.3 Å². The highest BCUT2D eigenvalue weighted by Gasteiger charge is 2.21. The second-order valence-corrected chi connectivity index (χ2v) is 7.58. The van der Waals surface area contributed by atoms with Gasteiger partial charge in [-0.15, -0.1) is 0 Å². The highest BCUT2D eigenvalue weighted by molar-refractivity contribution is 6.03. The molecule has 4 rings (SSSR count). The molecule has 0 unspecified atom stereocenters. The Hall–Kier alpha value is -4.06. The van der Waals surface area contributed by atoms with Gasteiger partial charge in [-0.05, 0) is 61.9 Å². The third kappa shape index (κ3) is 4.98. The van der Waals surface area contributed by atoms with Crippen molar-refractivity contribution in [3.05, 3.63) is 107 Å². The molecule has 0 bridgehead atoms. The number of nitrogens with one attached hydrogen (secondary N) is 2. The third-order valence-electron chi connectivity index (χ3n) is 5.14. The molecule has 162 valence electrons. The Balaban J connectivity index is 1.61. The van der Waals surface area contributed by atoms with Crippen LogP contribution in [0.5, 0.6) is 5.75 Å². The molecule has 6 nitrogen and oxygen atoms in total. The van der Waals surface area contributed by atoms with Gasteiger partial charge in [0.2, 0.25) is 0 Å². The fraction of sp³-hybridized carbons (Fsp3) is 0.154. The lowest BCUT2D eigenvalue weighted by atomic mass is 10.0. The molecule has 0 spiro atoms. The first-order chi connectivity index (χ1) is 15.5. The number of hydrogen-bond acceptors (Lipinski definition) is 4. The molecule has 0 radical (unpaired) electrons. The lowest BCUT2D eigenvalue weighted by molar-refractivity contribution is -0.118. The number of furan rings is 1. The molecule has 2 aromatic carbocycles. The van der Waals surface area contributed by atoms with Crippen LogP contribution in [0.2, 0.25) is 0 Å². The summed E-state index contributed by atoms with van der Waals surface area (Å²) in [6.45, 7) is 4.06. The maximum Gasteiger partial charge on any atom is 0.268 e. The third-order valence-corrected chi connectivity index (χ3v) is 5.14. The van der Waals surface area contributed by atoms with E-state index in [9.17, 15) is 9.59 Å². The Labute approximate surface area is 186 Å². The number of ether oxygens (including phenoxy) is 1. The number of carbonyl (C=O) groups is 2. The zero-order chi connectivity index (χ0) is 22.5. The summed E-state index contributed by atoms with van der Waals surface area (Å²) >= 11 is 0. The Morgan fingerprint density at radius 2 is 1.81 bits per heavy atom. The number of rotatable bonds is 6. The van der Waals surface area contributed by atoms with E-state index in [1.165, 1.54) is 0 Å². The SMILES string of the molecule is Cc1ccc(C(=O)N/C(=C/C2=Cc3ccccc3O[C@H]2C)C(=O)NCc2ccco2)cc1. The average molecular weight is 428 g/mol. The standard InChI is InChI=1S/C26H24N2O4/c1-17-9-11-19(12-10-17)25(29)28-23(26(30)27-16-22-7-5-13-31-22)15-21-14-20-6-3-4-8-24(20)32-18(21)2/h3-15,18H,16H2,1-2H3,(H,27,30)(H,28,29)/b23-15+/t18-/m0/s1. The maximum atomic E-state index is 13.0. The Morgan fingerprint density at radius 1 is 1.03 bits per heavy atom. The van der Waals surface area contributed by atoms with Crippen molar-refractivity contribution < 1.29 is 18.7 Å². The van der Waals surface area contributed by atoms with E-state index in [4.69, 9.17) is 9.15 Å². The van der Waals surface area contributed by atoms with Crippen molar-refractivity contribution in [1.82, 2.24) is 10.6 Å². The number of carbonyl (C=O) groups excluding carboxylic acids is 2. The first kappa shape index (κ1) is 21.2. The van der Waals surface area contributed by atoms with Crippen molar-refractivity contribution in [2.24, 2.45) is 0 Å². The molecule has 32 heavy (non-hydrogen) atoms. The van der Waals surface area contributed by atoms with E-state index in [0.29, 0.717) is 11.3 Å². The van der Waals surface area contributed by atoms with Crippen LogP contribution in [0.1, 0.15) is 34.2 Å². The summed E-state index contributed by atoms with van der Waals surface area (Å²) in [6, 6.07) is 18.4.